The van der Waals surface area contributed by atoms with Crippen LogP contribution in [-0.4, -0.2) is 8.42 Å². The lowest BCUT2D eigenvalue weighted by Gasteiger charge is -2.07. The summed E-state index contributed by atoms with van der Waals surface area (Å²) in [6, 6.07) is 7.33. The summed E-state index contributed by atoms with van der Waals surface area (Å²) in [6.45, 7) is -0.182. The smallest absolute Gasteiger partial charge is 0.207 e. The minimum Gasteiger partial charge on any atom is -0.207 e. The average Bonchev–Trinajstić information content (AvgIpc) is 2.35. The molecule has 0 aliphatic carbocycles. The highest BCUT2D eigenvalue weighted by Gasteiger charge is 2.16. The van der Waals surface area contributed by atoms with Gasteiger partial charge in [0.15, 0.2) is 0 Å². The molecule has 0 amide bonds. The molecule has 0 heterocycles. The van der Waals surface area contributed by atoms with Crippen molar-refractivity contribution in [2.75, 3.05) is 0 Å². The SMILES string of the molecule is O=S(=O)(NCc1cccc(F)c1)c1cc(F)cc(F)c1. The van der Waals surface area contributed by atoms with Crippen molar-refractivity contribution in [3.63, 3.8) is 0 Å². The topological polar surface area (TPSA) is 46.2 Å². The summed E-state index contributed by atoms with van der Waals surface area (Å²) in [6.07, 6.45) is 0. The second-order valence-electron chi connectivity index (χ2n) is 4.06. The normalized spacial score (nSPS) is 11.6. The van der Waals surface area contributed by atoms with Crippen LogP contribution in [0.5, 0.6) is 0 Å². The van der Waals surface area contributed by atoms with Gasteiger partial charge in [0, 0.05) is 12.6 Å². The van der Waals surface area contributed by atoms with E-state index in [1.807, 2.05) is 0 Å². The second kappa shape index (κ2) is 5.64. The fourth-order valence-corrected chi connectivity index (χ4v) is 2.65. The van der Waals surface area contributed by atoms with Crippen molar-refractivity contribution in [2.45, 2.75) is 11.4 Å². The zero-order chi connectivity index (χ0) is 14.8. The monoisotopic (exact) mass is 301 g/mol. The van der Waals surface area contributed by atoms with Crippen LogP contribution in [0.1, 0.15) is 5.56 Å². The van der Waals surface area contributed by atoms with Gasteiger partial charge in [-0.25, -0.2) is 26.3 Å². The molecule has 0 aromatic heterocycles. The van der Waals surface area contributed by atoms with E-state index >= 15 is 0 Å². The van der Waals surface area contributed by atoms with Crippen LogP contribution in [0.4, 0.5) is 13.2 Å². The highest BCUT2D eigenvalue weighted by molar-refractivity contribution is 7.89. The van der Waals surface area contributed by atoms with Gasteiger partial charge in [0.2, 0.25) is 10.0 Å². The molecule has 7 heteroatoms. The number of hydrogen-bond acceptors (Lipinski definition) is 2. The van der Waals surface area contributed by atoms with Crippen molar-refractivity contribution in [3.8, 4) is 0 Å². The van der Waals surface area contributed by atoms with Gasteiger partial charge in [-0.2, -0.15) is 0 Å². The third-order valence-corrected chi connectivity index (χ3v) is 3.88. The fraction of sp³-hybridized carbons (Fsp3) is 0.0769. The number of hydrogen-bond donors (Lipinski definition) is 1. The van der Waals surface area contributed by atoms with Gasteiger partial charge < -0.3 is 0 Å². The zero-order valence-electron chi connectivity index (χ0n) is 10.1. The molecular weight excluding hydrogens is 291 g/mol. The molecule has 0 aliphatic rings. The third-order valence-electron chi connectivity index (χ3n) is 2.50. The second-order valence-corrected chi connectivity index (χ2v) is 5.83. The quantitative estimate of drug-likeness (QED) is 0.943. The van der Waals surface area contributed by atoms with Crippen molar-refractivity contribution >= 4 is 10.0 Å². The van der Waals surface area contributed by atoms with E-state index in [-0.39, 0.29) is 6.54 Å². The summed E-state index contributed by atoms with van der Waals surface area (Å²) in [5.41, 5.74) is 0.394. The van der Waals surface area contributed by atoms with Crippen LogP contribution in [0.2, 0.25) is 0 Å². The standard InChI is InChI=1S/C13H10F3NO2S/c14-10-3-1-2-9(4-10)8-17-20(18,19)13-6-11(15)5-12(16)7-13/h1-7,17H,8H2. The molecule has 0 unspecified atom stereocenters. The number of benzene rings is 2. The van der Waals surface area contributed by atoms with Crippen LogP contribution in [0.25, 0.3) is 0 Å². The first kappa shape index (κ1) is 14.5. The maximum absolute atomic E-state index is 13.0. The molecule has 106 valence electrons. The third kappa shape index (κ3) is 3.58. The number of nitrogens with one attached hydrogen (secondary N) is 1. The Kier molecular flexibility index (Phi) is 4.10. The lowest BCUT2D eigenvalue weighted by Crippen LogP contribution is -2.23. The average molecular weight is 301 g/mol. The predicted octanol–water partition coefficient (Wildman–Crippen LogP) is 2.58. The molecule has 0 bridgehead atoms. The Morgan fingerprint density at radius 1 is 0.900 bits per heavy atom. The van der Waals surface area contributed by atoms with E-state index < -0.39 is 32.4 Å². The largest absolute Gasteiger partial charge is 0.241 e. The lowest BCUT2D eigenvalue weighted by atomic mass is 10.2. The van der Waals surface area contributed by atoms with E-state index in [4.69, 9.17) is 0 Å². The summed E-state index contributed by atoms with van der Waals surface area (Å²) in [4.78, 5) is -0.522. The molecule has 0 atom stereocenters. The van der Waals surface area contributed by atoms with Crippen molar-refractivity contribution < 1.29 is 21.6 Å². The number of halogens is 3. The molecule has 0 aliphatic heterocycles. The zero-order valence-corrected chi connectivity index (χ0v) is 10.9. The van der Waals surface area contributed by atoms with Crippen LogP contribution >= 0.6 is 0 Å². The molecule has 3 nitrogen and oxygen atoms in total. The molecule has 20 heavy (non-hydrogen) atoms. The number of rotatable bonds is 4. The summed E-state index contributed by atoms with van der Waals surface area (Å²) in [5.74, 6) is -2.48. The maximum atomic E-state index is 13.0. The van der Waals surface area contributed by atoms with Gasteiger partial charge >= 0.3 is 0 Å². The highest BCUT2D eigenvalue weighted by Crippen LogP contribution is 2.14. The Balaban J connectivity index is 2.19. The Hall–Kier alpha value is -1.86. The van der Waals surface area contributed by atoms with E-state index in [0.717, 1.165) is 6.07 Å². The maximum Gasteiger partial charge on any atom is 0.241 e. The Labute approximate surface area is 114 Å². The molecule has 0 saturated heterocycles. The lowest BCUT2D eigenvalue weighted by molar-refractivity contribution is 0.561. The Morgan fingerprint density at radius 2 is 1.55 bits per heavy atom. The molecule has 0 fully saturated rings. The van der Waals surface area contributed by atoms with E-state index in [9.17, 15) is 21.6 Å². The summed E-state index contributed by atoms with van der Waals surface area (Å²) >= 11 is 0. The fourth-order valence-electron chi connectivity index (χ4n) is 1.59. The van der Waals surface area contributed by atoms with Crippen molar-refractivity contribution in [3.05, 3.63) is 65.5 Å². The minimum atomic E-state index is -4.07. The summed E-state index contributed by atoms with van der Waals surface area (Å²) in [5, 5.41) is 0. The van der Waals surface area contributed by atoms with Gasteiger partial charge in [-0.05, 0) is 29.8 Å². The van der Waals surface area contributed by atoms with Crippen LogP contribution in [0.15, 0.2) is 47.4 Å². The first-order valence-corrected chi connectivity index (χ1v) is 7.05. The first-order valence-electron chi connectivity index (χ1n) is 5.57. The minimum absolute atomic E-state index is 0.182. The van der Waals surface area contributed by atoms with Crippen molar-refractivity contribution in [2.24, 2.45) is 0 Å². The Bertz CT molecular complexity index is 712. The molecule has 2 aromatic rings. The van der Waals surface area contributed by atoms with Crippen LogP contribution in [0, 0.1) is 17.5 Å². The summed E-state index contributed by atoms with van der Waals surface area (Å²) in [7, 11) is -4.07. The van der Waals surface area contributed by atoms with Crippen molar-refractivity contribution in [1.29, 1.82) is 0 Å². The van der Waals surface area contributed by atoms with Crippen LogP contribution < -0.4 is 4.72 Å². The predicted molar refractivity (Wildman–Crippen MR) is 66.8 cm³/mol. The molecule has 0 spiro atoms. The van der Waals surface area contributed by atoms with Gasteiger partial charge in [-0.1, -0.05) is 12.1 Å². The number of sulfonamides is 1. The van der Waals surface area contributed by atoms with Gasteiger partial charge in [-0.15, -0.1) is 0 Å². The van der Waals surface area contributed by atoms with Gasteiger partial charge in [0.1, 0.15) is 17.5 Å². The van der Waals surface area contributed by atoms with Gasteiger partial charge in [0.05, 0.1) is 4.90 Å². The molecule has 2 rings (SSSR count). The van der Waals surface area contributed by atoms with Crippen LogP contribution in [0.3, 0.4) is 0 Å². The van der Waals surface area contributed by atoms with E-state index in [2.05, 4.69) is 4.72 Å². The van der Waals surface area contributed by atoms with Gasteiger partial charge in [-0.3, -0.25) is 0 Å². The van der Waals surface area contributed by atoms with Gasteiger partial charge in [0.25, 0.3) is 0 Å². The first-order chi connectivity index (χ1) is 9.37. The molecular formula is C13H10F3NO2S. The van der Waals surface area contributed by atoms with E-state index in [1.54, 1.807) is 0 Å². The highest BCUT2D eigenvalue weighted by atomic mass is 32.2. The van der Waals surface area contributed by atoms with Crippen LogP contribution in [-0.2, 0) is 16.6 Å². The van der Waals surface area contributed by atoms with Crippen molar-refractivity contribution in [1.82, 2.24) is 4.72 Å². The molecule has 0 saturated carbocycles. The van der Waals surface area contributed by atoms with E-state index in [1.165, 1.54) is 18.2 Å². The van der Waals surface area contributed by atoms with E-state index in [0.29, 0.717) is 23.8 Å². The Morgan fingerprint density at radius 3 is 2.15 bits per heavy atom. The molecule has 1 N–H and O–H groups in total. The molecule has 2 aromatic carbocycles. The summed E-state index contributed by atoms with van der Waals surface area (Å²) < 4.78 is 64.8. The molecule has 0 radical (unpaired) electrons.